The van der Waals surface area contributed by atoms with E-state index in [9.17, 15) is 17.6 Å². The summed E-state index contributed by atoms with van der Waals surface area (Å²) in [6.45, 7) is -0.297. The zero-order chi connectivity index (χ0) is 18.6. The van der Waals surface area contributed by atoms with Gasteiger partial charge in [0.1, 0.15) is 22.3 Å². The van der Waals surface area contributed by atoms with E-state index in [0.717, 1.165) is 27.8 Å². The molecule has 0 aliphatic heterocycles. The van der Waals surface area contributed by atoms with Gasteiger partial charge in [0.15, 0.2) is 0 Å². The number of thiophene rings is 1. The Morgan fingerprint density at radius 1 is 1.15 bits per heavy atom. The van der Waals surface area contributed by atoms with Gasteiger partial charge in [-0.1, -0.05) is 6.07 Å². The quantitative estimate of drug-likeness (QED) is 0.668. The number of carbonyl (C=O) groups excluding carboxylic acids is 1. The Kier molecular flexibility index (Phi) is 5.38. The monoisotopic (exact) mass is 394 g/mol. The maximum atomic E-state index is 13.2. The van der Waals surface area contributed by atoms with Crippen LogP contribution in [-0.4, -0.2) is 20.9 Å². The van der Waals surface area contributed by atoms with Gasteiger partial charge in [0.05, 0.1) is 18.5 Å². The van der Waals surface area contributed by atoms with Crippen LogP contribution in [0, 0.1) is 5.82 Å². The highest BCUT2D eigenvalue weighted by Crippen LogP contribution is 2.26. The molecule has 0 atom stereocenters. The third-order valence-electron chi connectivity index (χ3n) is 3.48. The standard InChI is InChI=1S/C17H15FN2O4S2/c18-13-5-7-14(8-6-13)20(26(22,23)17-4-2-10-25-17)12-16(21)19-11-15-3-1-9-24-15/h1-10H,11-12H2,(H,19,21). The average molecular weight is 394 g/mol. The summed E-state index contributed by atoms with van der Waals surface area (Å²) in [7, 11) is -3.95. The number of carbonyl (C=O) groups is 1. The Labute approximate surface area is 153 Å². The summed E-state index contributed by atoms with van der Waals surface area (Å²) in [4.78, 5) is 12.3. The highest BCUT2D eigenvalue weighted by atomic mass is 32.2. The summed E-state index contributed by atoms with van der Waals surface area (Å²) in [5.41, 5.74) is 0.202. The number of rotatable bonds is 7. The predicted octanol–water partition coefficient (Wildman–Crippen LogP) is 2.99. The molecule has 136 valence electrons. The van der Waals surface area contributed by atoms with E-state index in [1.807, 2.05) is 0 Å². The molecule has 0 spiro atoms. The molecule has 1 aromatic carbocycles. The molecule has 0 aliphatic carbocycles. The van der Waals surface area contributed by atoms with Crippen LogP contribution in [0.5, 0.6) is 0 Å². The van der Waals surface area contributed by atoms with Crippen molar-refractivity contribution >= 4 is 33.0 Å². The maximum Gasteiger partial charge on any atom is 0.274 e. The number of hydrogen-bond donors (Lipinski definition) is 1. The maximum absolute atomic E-state index is 13.2. The molecule has 2 aromatic heterocycles. The van der Waals surface area contributed by atoms with Crippen molar-refractivity contribution in [2.75, 3.05) is 10.8 Å². The summed E-state index contributed by atoms with van der Waals surface area (Å²) in [6.07, 6.45) is 1.48. The average Bonchev–Trinajstić information content (AvgIpc) is 3.32. The zero-order valence-corrected chi connectivity index (χ0v) is 15.1. The van der Waals surface area contributed by atoms with Gasteiger partial charge in [-0.25, -0.2) is 12.8 Å². The van der Waals surface area contributed by atoms with Crippen molar-refractivity contribution in [2.45, 2.75) is 10.8 Å². The summed E-state index contributed by atoms with van der Waals surface area (Å²) < 4.78 is 45.2. The molecular formula is C17H15FN2O4S2. The minimum atomic E-state index is -3.95. The number of nitrogens with one attached hydrogen (secondary N) is 1. The number of hydrogen-bond acceptors (Lipinski definition) is 5. The van der Waals surface area contributed by atoms with Crippen LogP contribution in [0.1, 0.15) is 5.76 Å². The van der Waals surface area contributed by atoms with Crippen LogP contribution in [-0.2, 0) is 21.4 Å². The van der Waals surface area contributed by atoms with E-state index < -0.39 is 28.3 Å². The molecule has 1 amide bonds. The smallest absolute Gasteiger partial charge is 0.274 e. The van der Waals surface area contributed by atoms with Crippen LogP contribution >= 0.6 is 11.3 Å². The van der Waals surface area contributed by atoms with Crippen LogP contribution in [0.2, 0.25) is 0 Å². The van der Waals surface area contributed by atoms with Gasteiger partial charge in [-0.2, -0.15) is 0 Å². The van der Waals surface area contributed by atoms with E-state index in [2.05, 4.69) is 5.32 Å². The largest absolute Gasteiger partial charge is 0.467 e. The van der Waals surface area contributed by atoms with E-state index in [1.165, 1.54) is 24.5 Å². The highest BCUT2D eigenvalue weighted by Gasteiger charge is 2.28. The van der Waals surface area contributed by atoms with Crippen molar-refractivity contribution < 1.29 is 22.0 Å². The van der Waals surface area contributed by atoms with Gasteiger partial charge in [-0.05, 0) is 47.8 Å². The third kappa shape index (κ3) is 4.12. The number of anilines is 1. The molecule has 3 rings (SSSR count). The summed E-state index contributed by atoms with van der Waals surface area (Å²) in [5.74, 6) is -0.455. The summed E-state index contributed by atoms with van der Waals surface area (Å²) in [6, 6.07) is 11.4. The normalized spacial score (nSPS) is 11.3. The fourth-order valence-corrected chi connectivity index (χ4v) is 4.75. The van der Waals surface area contributed by atoms with Gasteiger partial charge in [0.2, 0.25) is 5.91 Å². The fourth-order valence-electron chi connectivity index (χ4n) is 2.23. The molecule has 1 N–H and O–H groups in total. The molecule has 0 saturated carbocycles. The third-order valence-corrected chi connectivity index (χ3v) is 6.63. The van der Waals surface area contributed by atoms with E-state index >= 15 is 0 Å². The molecule has 26 heavy (non-hydrogen) atoms. The zero-order valence-electron chi connectivity index (χ0n) is 13.5. The minimum absolute atomic E-state index is 0.0978. The predicted molar refractivity (Wildman–Crippen MR) is 95.8 cm³/mol. The van der Waals surface area contributed by atoms with Crippen molar-refractivity contribution in [3.8, 4) is 0 Å². The Bertz CT molecular complexity index is 953. The molecule has 0 unspecified atom stereocenters. The molecule has 0 saturated heterocycles. The van der Waals surface area contributed by atoms with Crippen molar-refractivity contribution in [1.82, 2.24) is 5.32 Å². The molecule has 6 nitrogen and oxygen atoms in total. The summed E-state index contributed by atoms with van der Waals surface area (Å²) >= 11 is 1.04. The Morgan fingerprint density at radius 2 is 1.92 bits per heavy atom. The van der Waals surface area contributed by atoms with Crippen molar-refractivity contribution in [3.63, 3.8) is 0 Å². The second-order valence-corrected chi connectivity index (χ2v) is 8.31. The topological polar surface area (TPSA) is 79.6 Å². The second-order valence-electron chi connectivity index (χ2n) is 5.28. The second kappa shape index (κ2) is 7.71. The Hall–Kier alpha value is -2.65. The molecule has 3 aromatic rings. The number of furan rings is 1. The van der Waals surface area contributed by atoms with Gasteiger partial charge in [-0.3, -0.25) is 9.10 Å². The molecule has 0 aliphatic rings. The SMILES string of the molecule is O=C(CN(c1ccc(F)cc1)S(=O)(=O)c1cccs1)NCc1ccco1. The highest BCUT2D eigenvalue weighted by molar-refractivity contribution is 7.94. The molecule has 9 heteroatoms. The number of halogens is 1. The first-order valence-corrected chi connectivity index (χ1v) is 9.90. The Morgan fingerprint density at radius 3 is 2.54 bits per heavy atom. The molecule has 2 heterocycles. The lowest BCUT2D eigenvalue weighted by atomic mass is 10.3. The van der Waals surface area contributed by atoms with E-state index in [1.54, 1.807) is 23.6 Å². The van der Waals surface area contributed by atoms with E-state index in [4.69, 9.17) is 4.42 Å². The molecule has 0 bridgehead atoms. The van der Waals surface area contributed by atoms with Gasteiger partial charge in [-0.15, -0.1) is 11.3 Å². The Balaban J connectivity index is 1.83. The van der Waals surface area contributed by atoms with Crippen LogP contribution in [0.15, 0.2) is 68.8 Å². The molecular weight excluding hydrogens is 379 g/mol. The first kappa shape index (κ1) is 18.2. The van der Waals surface area contributed by atoms with Gasteiger partial charge < -0.3 is 9.73 Å². The number of amides is 1. The van der Waals surface area contributed by atoms with Crippen LogP contribution in [0.3, 0.4) is 0 Å². The van der Waals surface area contributed by atoms with E-state index in [0.29, 0.717) is 5.76 Å². The van der Waals surface area contributed by atoms with Crippen LogP contribution < -0.4 is 9.62 Å². The fraction of sp³-hybridized carbons (Fsp3) is 0.118. The first-order chi connectivity index (χ1) is 12.5. The van der Waals surface area contributed by atoms with Crippen molar-refractivity contribution in [3.05, 3.63) is 71.8 Å². The summed E-state index contributed by atoms with van der Waals surface area (Å²) in [5, 5.41) is 4.24. The lowest BCUT2D eigenvalue weighted by Gasteiger charge is -2.23. The number of nitrogens with zero attached hydrogens (tertiary/aromatic N) is 1. The van der Waals surface area contributed by atoms with Gasteiger partial charge >= 0.3 is 0 Å². The van der Waals surface area contributed by atoms with Crippen LogP contribution in [0.25, 0.3) is 0 Å². The molecule has 0 radical (unpaired) electrons. The number of benzene rings is 1. The van der Waals surface area contributed by atoms with Crippen molar-refractivity contribution in [1.29, 1.82) is 0 Å². The lowest BCUT2D eigenvalue weighted by Crippen LogP contribution is -2.40. The van der Waals surface area contributed by atoms with Crippen molar-refractivity contribution in [2.24, 2.45) is 0 Å². The van der Waals surface area contributed by atoms with Gasteiger partial charge in [0, 0.05) is 0 Å². The first-order valence-electron chi connectivity index (χ1n) is 7.58. The van der Waals surface area contributed by atoms with Gasteiger partial charge in [0.25, 0.3) is 10.0 Å². The number of sulfonamides is 1. The minimum Gasteiger partial charge on any atom is -0.467 e. The van der Waals surface area contributed by atoms with Crippen LogP contribution in [0.4, 0.5) is 10.1 Å². The lowest BCUT2D eigenvalue weighted by molar-refractivity contribution is -0.119. The van der Waals surface area contributed by atoms with E-state index in [-0.39, 0.29) is 16.4 Å². The molecule has 0 fully saturated rings.